The fourth-order valence-corrected chi connectivity index (χ4v) is 3.44. The first-order valence-electron chi connectivity index (χ1n) is 8.78. The van der Waals surface area contributed by atoms with E-state index >= 15 is 0 Å². The summed E-state index contributed by atoms with van der Waals surface area (Å²) in [5, 5.41) is 7.44. The van der Waals surface area contributed by atoms with Crippen LogP contribution in [0.4, 0.5) is 11.8 Å². The van der Waals surface area contributed by atoms with E-state index in [2.05, 4.69) is 36.5 Å². The van der Waals surface area contributed by atoms with Gasteiger partial charge in [0.05, 0.1) is 17.9 Å². The fourth-order valence-electron chi connectivity index (χ4n) is 3.44. The van der Waals surface area contributed by atoms with E-state index in [0.717, 1.165) is 36.8 Å². The molecule has 0 aromatic carbocycles. The molecule has 26 heavy (non-hydrogen) atoms. The first-order chi connectivity index (χ1) is 12.7. The van der Waals surface area contributed by atoms with Crippen molar-refractivity contribution in [2.24, 2.45) is 7.05 Å². The van der Waals surface area contributed by atoms with E-state index in [1.165, 1.54) is 12.0 Å². The molecule has 0 bridgehead atoms. The summed E-state index contributed by atoms with van der Waals surface area (Å²) in [4.78, 5) is 20.0. The number of hydrogen-bond acceptors (Lipinski definition) is 7. The van der Waals surface area contributed by atoms with Crippen LogP contribution in [0.25, 0.3) is 0 Å². The van der Waals surface area contributed by atoms with Crippen molar-refractivity contribution in [1.29, 1.82) is 0 Å². The molecule has 0 amide bonds. The Hall–Kier alpha value is -2.87. The molecule has 4 heterocycles. The van der Waals surface area contributed by atoms with Crippen molar-refractivity contribution in [2.75, 3.05) is 11.9 Å². The lowest BCUT2D eigenvalue weighted by molar-refractivity contribution is 0.244. The van der Waals surface area contributed by atoms with Crippen LogP contribution in [0.3, 0.4) is 0 Å². The molecule has 4 rings (SSSR count). The van der Waals surface area contributed by atoms with E-state index in [-0.39, 0.29) is 6.04 Å². The molecule has 3 aromatic rings. The van der Waals surface area contributed by atoms with Gasteiger partial charge in [-0.3, -0.25) is 9.58 Å². The fraction of sp³-hybridized carbons (Fsp3) is 0.389. The highest BCUT2D eigenvalue weighted by Gasteiger charge is 2.28. The van der Waals surface area contributed by atoms with Crippen LogP contribution >= 0.6 is 0 Å². The second-order valence-corrected chi connectivity index (χ2v) is 6.57. The minimum Gasteiger partial charge on any atom is -0.309 e. The predicted octanol–water partition coefficient (Wildman–Crippen LogP) is 2.39. The van der Waals surface area contributed by atoms with Crippen LogP contribution < -0.4 is 5.32 Å². The summed E-state index contributed by atoms with van der Waals surface area (Å²) >= 11 is 0. The second kappa shape index (κ2) is 7.17. The Bertz CT molecular complexity index is 876. The summed E-state index contributed by atoms with van der Waals surface area (Å²) in [6.07, 6.45) is 9.67. The van der Waals surface area contributed by atoms with E-state index in [4.69, 9.17) is 4.98 Å². The van der Waals surface area contributed by atoms with E-state index < -0.39 is 0 Å². The minimum atomic E-state index is 0.286. The van der Waals surface area contributed by atoms with Crippen LogP contribution in [0.15, 0.2) is 36.9 Å². The maximum atomic E-state index is 4.70. The van der Waals surface area contributed by atoms with Crippen molar-refractivity contribution in [1.82, 2.24) is 34.6 Å². The average Bonchev–Trinajstić information content (AvgIpc) is 3.24. The third-order valence-electron chi connectivity index (χ3n) is 4.51. The molecule has 1 fully saturated rings. The lowest BCUT2D eigenvalue weighted by Crippen LogP contribution is -2.23. The molecule has 1 aliphatic rings. The zero-order valence-corrected chi connectivity index (χ0v) is 15.0. The van der Waals surface area contributed by atoms with Gasteiger partial charge in [0.15, 0.2) is 0 Å². The van der Waals surface area contributed by atoms with Gasteiger partial charge in [0.25, 0.3) is 0 Å². The Morgan fingerprint density at radius 3 is 2.85 bits per heavy atom. The van der Waals surface area contributed by atoms with Crippen LogP contribution in [-0.2, 0) is 13.6 Å². The number of aromatic nitrogens is 6. The van der Waals surface area contributed by atoms with Crippen LogP contribution in [-0.4, -0.2) is 41.2 Å². The smallest absolute Gasteiger partial charge is 0.228 e. The third-order valence-corrected chi connectivity index (χ3v) is 4.51. The number of aryl methyl sites for hydroxylation is 2. The Morgan fingerprint density at radius 2 is 2.08 bits per heavy atom. The first kappa shape index (κ1) is 16.6. The quantitative estimate of drug-likeness (QED) is 0.756. The Labute approximate surface area is 152 Å². The van der Waals surface area contributed by atoms with Crippen molar-refractivity contribution in [3.05, 3.63) is 54.0 Å². The Kier molecular flexibility index (Phi) is 4.57. The summed E-state index contributed by atoms with van der Waals surface area (Å²) in [5.74, 6) is 2.01. The largest absolute Gasteiger partial charge is 0.309 e. The molecule has 1 atom stereocenters. The molecule has 0 spiro atoms. The maximum Gasteiger partial charge on any atom is 0.228 e. The van der Waals surface area contributed by atoms with Crippen molar-refractivity contribution in [3.63, 3.8) is 0 Å². The number of rotatable bonds is 5. The van der Waals surface area contributed by atoms with Crippen LogP contribution in [0, 0.1) is 6.92 Å². The van der Waals surface area contributed by atoms with Crippen molar-refractivity contribution in [2.45, 2.75) is 32.4 Å². The highest BCUT2D eigenvalue weighted by atomic mass is 15.3. The lowest BCUT2D eigenvalue weighted by atomic mass is 10.1. The topological polar surface area (TPSA) is 84.7 Å². The zero-order valence-electron chi connectivity index (χ0n) is 15.0. The summed E-state index contributed by atoms with van der Waals surface area (Å²) in [6.45, 7) is 3.86. The molecule has 0 radical (unpaired) electrons. The van der Waals surface area contributed by atoms with Crippen molar-refractivity contribution < 1.29 is 0 Å². The SMILES string of the molecule is Cc1nc(Nc2ncccn2)cc([C@H]2CCCN2Cc2cnn(C)c2)n1. The number of anilines is 2. The number of likely N-dealkylation sites (tertiary alicyclic amines) is 1. The lowest BCUT2D eigenvalue weighted by Gasteiger charge is -2.24. The third kappa shape index (κ3) is 3.70. The molecule has 8 heteroatoms. The standard InChI is InChI=1S/C18H22N8/c1-13-22-15(9-17(23-13)24-18-19-6-4-7-20-18)16-5-3-8-26(16)12-14-10-21-25(2)11-14/h4,6-7,9-11,16H,3,5,8,12H2,1-2H3,(H,19,20,22,23,24)/t16-/m1/s1. The number of hydrogen-bond donors (Lipinski definition) is 1. The van der Waals surface area contributed by atoms with Gasteiger partial charge in [0.2, 0.25) is 5.95 Å². The van der Waals surface area contributed by atoms with Crippen molar-refractivity contribution >= 4 is 11.8 Å². The summed E-state index contributed by atoms with van der Waals surface area (Å²) < 4.78 is 1.84. The van der Waals surface area contributed by atoms with Gasteiger partial charge < -0.3 is 5.32 Å². The maximum absolute atomic E-state index is 4.70. The zero-order chi connectivity index (χ0) is 17.9. The van der Waals surface area contributed by atoms with Gasteiger partial charge in [0, 0.05) is 43.8 Å². The van der Waals surface area contributed by atoms with Gasteiger partial charge in [0.1, 0.15) is 11.6 Å². The van der Waals surface area contributed by atoms with E-state index in [1.54, 1.807) is 18.5 Å². The first-order valence-corrected chi connectivity index (χ1v) is 8.78. The average molecular weight is 350 g/mol. The summed E-state index contributed by atoms with van der Waals surface area (Å²) in [7, 11) is 1.95. The molecule has 134 valence electrons. The van der Waals surface area contributed by atoms with Gasteiger partial charge in [-0.25, -0.2) is 19.9 Å². The normalized spacial score (nSPS) is 17.5. The molecule has 0 saturated carbocycles. The van der Waals surface area contributed by atoms with Gasteiger partial charge >= 0.3 is 0 Å². The molecule has 3 aromatic heterocycles. The number of nitrogens with one attached hydrogen (secondary N) is 1. The monoisotopic (exact) mass is 350 g/mol. The van der Waals surface area contributed by atoms with Crippen LogP contribution in [0.2, 0.25) is 0 Å². The Morgan fingerprint density at radius 1 is 1.23 bits per heavy atom. The van der Waals surface area contributed by atoms with Gasteiger partial charge in [-0.1, -0.05) is 0 Å². The molecule has 0 unspecified atom stereocenters. The molecule has 1 N–H and O–H groups in total. The highest BCUT2D eigenvalue weighted by Crippen LogP contribution is 2.33. The predicted molar refractivity (Wildman–Crippen MR) is 97.7 cm³/mol. The summed E-state index contributed by atoms with van der Waals surface area (Å²) in [6, 6.07) is 4.08. The van der Waals surface area contributed by atoms with E-state index in [9.17, 15) is 0 Å². The van der Waals surface area contributed by atoms with Crippen LogP contribution in [0.5, 0.6) is 0 Å². The van der Waals surface area contributed by atoms with Crippen molar-refractivity contribution in [3.8, 4) is 0 Å². The van der Waals surface area contributed by atoms with Crippen LogP contribution in [0.1, 0.15) is 36.0 Å². The van der Waals surface area contributed by atoms with Gasteiger partial charge in [-0.2, -0.15) is 5.10 Å². The molecule has 1 aliphatic heterocycles. The van der Waals surface area contributed by atoms with Gasteiger partial charge in [-0.15, -0.1) is 0 Å². The molecular weight excluding hydrogens is 328 g/mol. The molecule has 8 nitrogen and oxygen atoms in total. The molecule has 0 aliphatic carbocycles. The minimum absolute atomic E-state index is 0.286. The number of nitrogens with zero attached hydrogens (tertiary/aromatic N) is 7. The van der Waals surface area contributed by atoms with Gasteiger partial charge in [-0.05, 0) is 32.4 Å². The highest BCUT2D eigenvalue weighted by molar-refractivity contribution is 5.48. The Balaban J connectivity index is 1.55. The summed E-state index contributed by atoms with van der Waals surface area (Å²) in [5.41, 5.74) is 2.26. The van der Waals surface area contributed by atoms with E-state index in [1.807, 2.05) is 30.9 Å². The van der Waals surface area contributed by atoms with E-state index in [0.29, 0.717) is 5.95 Å². The molecule has 1 saturated heterocycles. The molecular formula is C18H22N8. The second-order valence-electron chi connectivity index (χ2n) is 6.57.